The molecule has 0 spiro atoms. The lowest BCUT2D eigenvalue weighted by molar-refractivity contribution is -0.148. The number of hydrogen-bond acceptors (Lipinski definition) is 6. The molecule has 184 valence electrons. The number of carbonyl (C=O) groups is 4. The second-order valence-electron chi connectivity index (χ2n) is 10.2. The van der Waals surface area contributed by atoms with Crippen LogP contribution in [0, 0.1) is 5.92 Å². The van der Waals surface area contributed by atoms with Crippen LogP contribution in [0.15, 0.2) is 12.2 Å². The van der Waals surface area contributed by atoms with Crippen molar-refractivity contribution in [2.24, 2.45) is 5.92 Å². The zero-order valence-electron chi connectivity index (χ0n) is 20.1. The Kier molecular flexibility index (Phi) is 7.69. The Morgan fingerprint density at radius 3 is 2.61 bits per heavy atom. The number of alkyl carbamates (subject to hydrolysis) is 1. The highest BCUT2D eigenvalue weighted by Gasteiger charge is 2.61. The summed E-state index contributed by atoms with van der Waals surface area (Å²) in [6, 6.07) is -1.45. The number of rotatable bonds is 2. The number of allylic oxidation sites excluding steroid dienone is 1. The SMILES string of the molecule is COC(=O)[C@@]12C[C@H]1/C=C\CCCCC[C@H](NC(=O)OC(C)(C)C)C(=O)N1CCC[C@H]1C(=O)N2. The molecule has 9 nitrogen and oxygen atoms in total. The van der Waals surface area contributed by atoms with E-state index < -0.39 is 35.3 Å². The van der Waals surface area contributed by atoms with Gasteiger partial charge in [0.15, 0.2) is 0 Å². The van der Waals surface area contributed by atoms with E-state index in [9.17, 15) is 19.2 Å². The number of fused-ring (bicyclic) bond motifs is 2. The maximum Gasteiger partial charge on any atom is 0.408 e. The third-order valence-electron chi connectivity index (χ3n) is 6.47. The first-order valence-corrected chi connectivity index (χ1v) is 11.9. The fourth-order valence-corrected chi connectivity index (χ4v) is 4.69. The minimum Gasteiger partial charge on any atom is -0.467 e. The first kappa shape index (κ1) is 25.1. The molecule has 4 atom stereocenters. The van der Waals surface area contributed by atoms with Gasteiger partial charge in [0.05, 0.1) is 7.11 Å². The second-order valence-corrected chi connectivity index (χ2v) is 10.2. The van der Waals surface area contributed by atoms with Gasteiger partial charge in [0.25, 0.3) is 0 Å². The zero-order valence-corrected chi connectivity index (χ0v) is 20.1. The minimum absolute atomic E-state index is 0.105. The molecule has 1 saturated heterocycles. The summed E-state index contributed by atoms with van der Waals surface area (Å²) in [5.74, 6) is -1.21. The molecular formula is C24H37N3O6. The van der Waals surface area contributed by atoms with Gasteiger partial charge < -0.3 is 25.0 Å². The standard InChI is InChI=1S/C24H37N3O6/c1-23(2,3)33-22(31)25-17-12-9-7-5-6-8-11-16-15-24(16,21(30)32-4)26-19(28)18-13-10-14-27(18)20(17)29/h8,11,16-18H,5-7,9-10,12-15H2,1-4H3,(H,25,31)(H,26,28)/b11-8-/t16-,17+,18+,24-/m1/s1. The molecule has 33 heavy (non-hydrogen) atoms. The molecule has 1 saturated carbocycles. The molecule has 2 heterocycles. The molecule has 9 heteroatoms. The summed E-state index contributed by atoms with van der Waals surface area (Å²) < 4.78 is 10.3. The van der Waals surface area contributed by atoms with Gasteiger partial charge in [-0.2, -0.15) is 0 Å². The fraction of sp³-hybridized carbons (Fsp3) is 0.750. The topological polar surface area (TPSA) is 114 Å². The zero-order chi connectivity index (χ0) is 24.2. The molecule has 0 aromatic heterocycles. The summed E-state index contributed by atoms with van der Waals surface area (Å²) in [6.07, 6.45) is 8.98. The molecule has 0 aromatic rings. The lowest BCUT2D eigenvalue weighted by atomic mass is 10.0. The Morgan fingerprint density at radius 1 is 1.15 bits per heavy atom. The lowest BCUT2D eigenvalue weighted by Gasteiger charge is -2.30. The van der Waals surface area contributed by atoms with E-state index in [1.165, 1.54) is 12.0 Å². The number of methoxy groups -OCH3 is 1. The summed E-state index contributed by atoms with van der Waals surface area (Å²) in [6.45, 7) is 5.72. The van der Waals surface area contributed by atoms with Crippen molar-refractivity contribution < 1.29 is 28.7 Å². The van der Waals surface area contributed by atoms with Gasteiger partial charge in [-0.15, -0.1) is 0 Å². The molecule has 0 aromatic carbocycles. The lowest BCUT2D eigenvalue weighted by Crippen LogP contribution is -2.56. The van der Waals surface area contributed by atoms with Crippen molar-refractivity contribution in [3.05, 3.63) is 12.2 Å². The molecule has 2 aliphatic heterocycles. The first-order valence-electron chi connectivity index (χ1n) is 11.9. The van der Waals surface area contributed by atoms with E-state index in [1.807, 2.05) is 12.2 Å². The molecule has 3 rings (SSSR count). The molecule has 3 amide bonds. The number of esters is 1. The average Bonchev–Trinajstić information content (AvgIpc) is 3.19. The number of nitrogens with zero attached hydrogens (tertiary/aromatic N) is 1. The van der Waals surface area contributed by atoms with Crippen molar-refractivity contribution in [1.82, 2.24) is 15.5 Å². The quantitative estimate of drug-likeness (QED) is 0.480. The van der Waals surface area contributed by atoms with Crippen molar-refractivity contribution in [3.8, 4) is 0 Å². The highest BCUT2D eigenvalue weighted by atomic mass is 16.6. The van der Waals surface area contributed by atoms with Gasteiger partial charge >= 0.3 is 12.1 Å². The molecular weight excluding hydrogens is 426 g/mol. The van der Waals surface area contributed by atoms with Gasteiger partial charge in [-0.1, -0.05) is 25.0 Å². The van der Waals surface area contributed by atoms with E-state index in [4.69, 9.17) is 9.47 Å². The van der Waals surface area contributed by atoms with Gasteiger partial charge in [0.2, 0.25) is 11.8 Å². The normalized spacial score (nSPS) is 31.8. The van der Waals surface area contributed by atoms with E-state index >= 15 is 0 Å². The molecule has 0 radical (unpaired) electrons. The number of ether oxygens (including phenoxy) is 2. The predicted molar refractivity (Wildman–Crippen MR) is 121 cm³/mol. The Labute approximate surface area is 195 Å². The van der Waals surface area contributed by atoms with Crippen LogP contribution < -0.4 is 10.6 Å². The number of hydrogen-bond donors (Lipinski definition) is 2. The molecule has 0 unspecified atom stereocenters. The van der Waals surface area contributed by atoms with E-state index in [1.54, 1.807) is 20.8 Å². The van der Waals surface area contributed by atoms with Crippen molar-refractivity contribution in [2.45, 2.75) is 95.4 Å². The van der Waals surface area contributed by atoms with Crippen molar-refractivity contribution in [3.63, 3.8) is 0 Å². The Hall–Kier alpha value is -2.58. The Morgan fingerprint density at radius 2 is 1.91 bits per heavy atom. The average molecular weight is 464 g/mol. The Balaban J connectivity index is 1.80. The van der Waals surface area contributed by atoms with Crippen LogP contribution >= 0.6 is 0 Å². The van der Waals surface area contributed by atoms with Crippen LogP contribution in [0.1, 0.15) is 72.1 Å². The minimum atomic E-state index is -1.06. The summed E-state index contributed by atoms with van der Waals surface area (Å²) in [5, 5.41) is 5.62. The Bertz CT molecular complexity index is 805. The van der Waals surface area contributed by atoms with Gasteiger partial charge in [-0.05, 0) is 59.3 Å². The fourth-order valence-electron chi connectivity index (χ4n) is 4.69. The summed E-state index contributed by atoms with van der Waals surface area (Å²) in [4.78, 5) is 53.1. The van der Waals surface area contributed by atoms with Crippen LogP contribution in [0.5, 0.6) is 0 Å². The van der Waals surface area contributed by atoms with Crippen LogP contribution in [0.2, 0.25) is 0 Å². The number of amides is 3. The van der Waals surface area contributed by atoms with Crippen LogP contribution in [0.4, 0.5) is 4.79 Å². The van der Waals surface area contributed by atoms with Crippen LogP contribution in [0.25, 0.3) is 0 Å². The van der Waals surface area contributed by atoms with Crippen LogP contribution in [-0.2, 0) is 23.9 Å². The van der Waals surface area contributed by atoms with Crippen molar-refractivity contribution in [2.75, 3.05) is 13.7 Å². The van der Waals surface area contributed by atoms with E-state index in [0.717, 1.165) is 25.7 Å². The van der Waals surface area contributed by atoms with Crippen molar-refractivity contribution >= 4 is 23.9 Å². The molecule has 2 fully saturated rings. The highest BCUT2D eigenvalue weighted by molar-refractivity contribution is 5.96. The second kappa shape index (κ2) is 10.1. The smallest absolute Gasteiger partial charge is 0.408 e. The predicted octanol–water partition coefficient (Wildman–Crippen LogP) is 2.44. The number of nitrogens with one attached hydrogen (secondary N) is 2. The van der Waals surface area contributed by atoms with Crippen molar-refractivity contribution in [1.29, 1.82) is 0 Å². The molecule has 0 bridgehead atoms. The monoisotopic (exact) mass is 463 g/mol. The van der Waals surface area contributed by atoms with Gasteiger partial charge in [-0.25, -0.2) is 9.59 Å². The first-order chi connectivity index (χ1) is 15.6. The van der Waals surface area contributed by atoms with E-state index in [2.05, 4.69) is 10.6 Å². The summed E-state index contributed by atoms with van der Waals surface area (Å²) in [7, 11) is 1.32. The summed E-state index contributed by atoms with van der Waals surface area (Å²) in [5.41, 5.74) is -1.74. The van der Waals surface area contributed by atoms with Gasteiger partial charge in [0.1, 0.15) is 23.2 Å². The van der Waals surface area contributed by atoms with Gasteiger partial charge in [-0.3, -0.25) is 9.59 Å². The largest absolute Gasteiger partial charge is 0.467 e. The molecule has 3 aliphatic rings. The maximum atomic E-state index is 13.4. The third-order valence-corrected chi connectivity index (χ3v) is 6.47. The van der Waals surface area contributed by atoms with Crippen LogP contribution in [0.3, 0.4) is 0 Å². The number of carbonyl (C=O) groups excluding carboxylic acids is 4. The van der Waals surface area contributed by atoms with Gasteiger partial charge in [0, 0.05) is 12.5 Å². The molecule has 1 aliphatic carbocycles. The molecule has 2 N–H and O–H groups in total. The van der Waals surface area contributed by atoms with E-state index in [-0.39, 0.29) is 17.7 Å². The van der Waals surface area contributed by atoms with Crippen LogP contribution in [-0.4, -0.2) is 65.7 Å². The van der Waals surface area contributed by atoms with E-state index in [0.29, 0.717) is 32.2 Å². The third kappa shape index (κ3) is 6.06. The summed E-state index contributed by atoms with van der Waals surface area (Å²) >= 11 is 0. The maximum absolute atomic E-state index is 13.4. The highest BCUT2D eigenvalue weighted by Crippen LogP contribution is 2.46.